The van der Waals surface area contributed by atoms with E-state index in [2.05, 4.69) is 5.16 Å². The van der Waals surface area contributed by atoms with Crippen molar-refractivity contribution in [2.45, 2.75) is 20.5 Å². The van der Waals surface area contributed by atoms with Gasteiger partial charge < -0.3 is 24.0 Å². The number of ether oxygens (including phenoxy) is 1. The van der Waals surface area contributed by atoms with Gasteiger partial charge in [0.2, 0.25) is 5.91 Å². The first-order valence-corrected chi connectivity index (χ1v) is 9.71. The van der Waals surface area contributed by atoms with Gasteiger partial charge in [-0.2, -0.15) is 0 Å². The Kier molecular flexibility index (Phi) is 6.53. The van der Waals surface area contributed by atoms with Gasteiger partial charge in [-0.05, 0) is 52.2 Å². The van der Waals surface area contributed by atoms with E-state index in [9.17, 15) is 9.59 Å². The second kappa shape index (κ2) is 9.09. The van der Waals surface area contributed by atoms with Gasteiger partial charge in [0.15, 0.2) is 0 Å². The van der Waals surface area contributed by atoms with E-state index >= 15 is 0 Å². The molecule has 3 rings (SSSR count). The van der Waals surface area contributed by atoms with Crippen LogP contribution in [0, 0.1) is 13.8 Å². The molecule has 0 radical (unpaired) electrons. The smallest absolute Gasteiger partial charge is 0.253 e. The molecule has 1 aliphatic heterocycles. The van der Waals surface area contributed by atoms with Gasteiger partial charge in [0.05, 0.1) is 17.8 Å². The number of nitrogens with zero attached hydrogens (tertiary/aromatic N) is 4. The third-order valence-electron chi connectivity index (χ3n) is 5.04. The minimum Gasteiger partial charge on any atom is -0.489 e. The van der Waals surface area contributed by atoms with Crippen molar-refractivity contribution in [2.75, 3.05) is 46.8 Å². The number of piperazine rings is 1. The van der Waals surface area contributed by atoms with Crippen LogP contribution in [0.3, 0.4) is 0 Å². The SMILES string of the molecule is Cc1noc(C)c1COc1ccc(C(=O)N2CCN(C(=O)CN(C)C)CC2)cc1. The molecule has 8 nitrogen and oxygen atoms in total. The van der Waals surface area contributed by atoms with Crippen LogP contribution in [0.1, 0.15) is 27.4 Å². The van der Waals surface area contributed by atoms with E-state index in [-0.39, 0.29) is 11.8 Å². The molecule has 0 bridgehead atoms. The Morgan fingerprint density at radius 3 is 2.24 bits per heavy atom. The van der Waals surface area contributed by atoms with E-state index < -0.39 is 0 Å². The van der Waals surface area contributed by atoms with Crippen molar-refractivity contribution in [1.82, 2.24) is 19.9 Å². The summed E-state index contributed by atoms with van der Waals surface area (Å²) in [6, 6.07) is 7.13. The van der Waals surface area contributed by atoms with E-state index in [0.29, 0.717) is 50.6 Å². The lowest BCUT2D eigenvalue weighted by atomic mass is 10.1. The van der Waals surface area contributed by atoms with Crippen LogP contribution in [-0.2, 0) is 11.4 Å². The minimum absolute atomic E-state index is 0.0259. The number of carbonyl (C=O) groups is 2. The van der Waals surface area contributed by atoms with Crippen LogP contribution in [0.4, 0.5) is 0 Å². The zero-order valence-corrected chi connectivity index (χ0v) is 17.5. The highest BCUT2D eigenvalue weighted by Gasteiger charge is 2.25. The highest BCUT2D eigenvalue weighted by atomic mass is 16.5. The van der Waals surface area contributed by atoms with E-state index in [1.54, 1.807) is 29.2 Å². The summed E-state index contributed by atoms with van der Waals surface area (Å²) in [6.45, 7) is 6.72. The lowest BCUT2D eigenvalue weighted by Crippen LogP contribution is -2.52. The zero-order valence-electron chi connectivity index (χ0n) is 17.5. The molecule has 0 unspecified atom stereocenters. The Bertz CT molecular complexity index is 833. The number of likely N-dealkylation sites (N-methyl/N-ethyl adjacent to an activating group) is 1. The van der Waals surface area contributed by atoms with Gasteiger partial charge in [-0.25, -0.2) is 0 Å². The standard InChI is InChI=1S/C21H28N4O4/c1-15-19(16(2)29-22-15)14-28-18-7-5-17(6-8-18)21(27)25-11-9-24(10-12-25)20(26)13-23(3)4/h5-8H,9-14H2,1-4H3. The predicted octanol–water partition coefficient (Wildman–Crippen LogP) is 1.72. The number of carbonyl (C=O) groups excluding carboxylic acids is 2. The maximum Gasteiger partial charge on any atom is 0.253 e. The van der Waals surface area contributed by atoms with E-state index in [1.165, 1.54) is 0 Å². The molecule has 0 spiro atoms. The highest BCUT2D eigenvalue weighted by Crippen LogP contribution is 2.19. The first-order valence-electron chi connectivity index (χ1n) is 9.71. The number of amides is 2. The summed E-state index contributed by atoms with van der Waals surface area (Å²) >= 11 is 0. The maximum atomic E-state index is 12.8. The van der Waals surface area contributed by atoms with Crippen LogP contribution in [0.2, 0.25) is 0 Å². The fourth-order valence-corrected chi connectivity index (χ4v) is 3.27. The zero-order chi connectivity index (χ0) is 21.0. The third-order valence-corrected chi connectivity index (χ3v) is 5.04. The van der Waals surface area contributed by atoms with Crippen LogP contribution in [-0.4, -0.2) is 78.5 Å². The van der Waals surface area contributed by atoms with Crippen molar-refractivity contribution in [3.63, 3.8) is 0 Å². The van der Waals surface area contributed by atoms with E-state index in [1.807, 2.05) is 37.7 Å². The molecular formula is C21H28N4O4. The lowest BCUT2D eigenvalue weighted by molar-refractivity contribution is -0.133. The molecule has 1 fully saturated rings. The van der Waals surface area contributed by atoms with Crippen molar-refractivity contribution >= 4 is 11.8 Å². The number of hydrogen-bond acceptors (Lipinski definition) is 6. The Balaban J connectivity index is 1.52. The molecule has 1 aromatic heterocycles. The monoisotopic (exact) mass is 400 g/mol. The molecule has 0 N–H and O–H groups in total. The molecule has 1 saturated heterocycles. The molecule has 0 aliphatic carbocycles. The van der Waals surface area contributed by atoms with Gasteiger partial charge in [-0.1, -0.05) is 5.16 Å². The number of aryl methyl sites for hydroxylation is 2. The van der Waals surface area contributed by atoms with Gasteiger partial charge in [0.25, 0.3) is 5.91 Å². The molecule has 156 valence electrons. The molecule has 8 heteroatoms. The third kappa shape index (κ3) is 5.14. The molecule has 1 aromatic carbocycles. The summed E-state index contributed by atoms with van der Waals surface area (Å²) in [5, 5.41) is 3.92. The van der Waals surface area contributed by atoms with Gasteiger partial charge in [-0.3, -0.25) is 9.59 Å². The Morgan fingerprint density at radius 2 is 1.69 bits per heavy atom. The molecule has 29 heavy (non-hydrogen) atoms. The number of hydrogen-bond donors (Lipinski definition) is 0. The first-order chi connectivity index (χ1) is 13.8. The number of aromatic nitrogens is 1. The molecule has 2 heterocycles. The minimum atomic E-state index is -0.0259. The van der Waals surface area contributed by atoms with Crippen LogP contribution in [0.5, 0.6) is 5.75 Å². The summed E-state index contributed by atoms with van der Waals surface area (Å²) in [4.78, 5) is 30.4. The van der Waals surface area contributed by atoms with Crippen molar-refractivity contribution in [2.24, 2.45) is 0 Å². The van der Waals surface area contributed by atoms with Gasteiger partial charge >= 0.3 is 0 Å². The van der Waals surface area contributed by atoms with Gasteiger partial charge in [0.1, 0.15) is 18.1 Å². The van der Waals surface area contributed by atoms with E-state index in [4.69, 9.17) is 9.26 Å². The van der Waals surface area contributed by atoms with Crippen molar-refractivity contribution in [3.05, 3.63) is 46.8 Å². The second-order valence-electron chi connectivity index (χ2n) is 7.53. The molecule has 2 amide bonds. The number of rotatable bonds is 6. The van der Waals surface area contributed by atoms with Crippen molar-refractivity contribution in [1.29, 1.82) is 0 Å². The van der Waals surface area contributed by atoms with Crippen LogP contribution >= 0.6 is 0 Å². The Labute approximate surface area is 171 Å². The molecule has 0 saturated carbocycles. The average molecular weight is 400 g/mol. The molecular weight excluding hydrogens is 372 g/mol. The second-order valence-corrected chi connectivity index (χ2v) is 7.53. The molecule has 2 aromatic rings. The summed E-state index contributed by atoms with van der Waals surface area (Å²) in [6.07, 6.45) is 0. The van der Waals surface area contributed by atoms with Crippen molar-refractivity contribution < 1.29 is 18.8 Å². The van der Waals surface area contributed by atoms with Crippen LogP contribution < -0.4 is 4.74 Å². The topological polar surface area (TPSA) is 79.1 Å². The molecule has 1 aliphatic rings. The van der Waals surface area contributed by atoms with Crippen LogP contribution in [0.25, 0.3) is 0 Å². The average Bonchev–Trinajstić information content (AvgIpc) is 3.03. The summed E-state index contributed by atoms with van der Waals surface area (Å²) in [7, 11) is 3.75. The maximum absolute atomic E-state index is 12.8. The summed E-state index contributed by atoms with van der Waals surface area (Å²) < 4.78 is 10.9. The quantitative estimate of drug-likeness (QED) is 0.735. The van der Waals surface area contributed by atoms with Gasteiger partial charge in [-0.15, -0.1) is 0 Å². The fraction of sp³-hybridized carbons (Fsp3) is 0.476. The van der Waals surface area contributed by atoms with Gasteiger partial charge in [0, 0.05) is 31.7 Å². The number of benzene rings is 1. The van der Waals surface area contributed by atoms with Crippen LogP contribution in [0.15, 0.2) is 28.8 Å². The Morgan fingerprint density at radius 1 is 1.07 bits per heavy atom. The highest BCUT2D eigenvalue weighted by molar-refractivity contribution is 5.94. The van der Waals surface area contributed by atoms with E-state index in [0.717, 1.165) is 17.0 Å². The fourth-order valence-electron chi connectivity index (χ4n) is 3.27. The Hall–Kier alpha value is -2.87. The predicted molar refractivity (Wildman–Crippen MR) is 108 cm³/mol. The largest absolute Gasteiger partial charge is 0.489 e. The summed E-state index contributed by atoms with van der Waals surface area (Å²) in [5.41, 5.74) is 2.37. The summed E-state index contributed by atoms with van der Waals surface area (Å²) in [5.74, 6) is 1.50. The lowest BCUT2D eigenvalue weighted by Gasteiger charge is -2.35. The molecule has 0 atom stereocenters. The first kappa shape index (κ1) is 20.9. The van der Waals surface area contributed by atoms with Crippen molar-refractivity contribution in [3.8, 4) is 5.75 Å². The normalized spacial score (nSPS) is 14.4.